The maximum atomic E-state index is 12.7. The molecular formula is C25H23N9O. The maximum absolute atomic E-state index is 12.7. The van der Waals surface area contributed by atoms with E-state index < -0.39 is 0 Å². The van der Waals surface area contributed by atoms with Crippen molar-refractivity contribution in [3.05, 3.63) is 77.5 Å². The average Bonchev–Trinajstić information content (AvgIpc) is 3.50. The second-order valence-corrected chi connectivity index (χ2v) is 8.71. The Morgan fingerprint density at radius 1 is 1.17 bits per heavy atom. The number of rotatable bonds is 4. The molecule has 4 heterocycles. The van der Waals surface area contributed by atoms with Crippen molar-refractivity contribution in [2.75, 3.05) is 11.1 Å². The third kappa shape index (κ3) is 3.68. The first-order valence-corrected chi connectivity index (χ1v) is 11.4. The number of amides is 1. The SMILES string of the molecule is Cc1ccnc(NC(=O)c2ccc(-c3nn([C@H]4CCCc5[nH]ncc54)c4ncnc(N)c34)cc2)c1. The van der Waals surface area contributed by atoms with Crippen molar-refractivity contribution in [2.45, 2.75) is 32.2 Å². The predicted octanol–water partition coefficient (Wildman–Crippen LogP) is 3.68. The number of nitrogen functional groups attached to an aromatic ring is 1. The van der Waals surface area contributed by atoms with E-state index in [4.69, 9.17) is 10.8 Å². The largest absolute Gasteiger partial charge is 0.383 e. The minimum absolute atomic E-state index is 0.00919. The molecule has 0 bridgehead atoms. The zero-order chi connectivity index (χ0) is 23.9. The molecular weight excluding hydrogens is 442 g/mol. The van der Waals surface area contributed by atoms with Crippen LogP contribution in [0, 0.1) is 6.92 Å². The molecule has 35 heavy (non-hydrogen) atoms. The van der Waals surface area contributed by atoms with Crippen LogP contribution in [0.1, 0.15) is 46.1 Å². The summed E-state index contributed by atoms with van der Waals surface area (Å²) in [6.07, 6.45) is 7.92. The van der Waals surface area contributed by atoms with Crippen LogP contribution in [0.4, 0.5) is 11.6 Å². The van der Waals surface area contributed by atoms with E-state index in [-0.39, 0.29) is 11.9 Å². The van der Waals surface area contributed by atoms with E-state index in [0.717, 1.165) is 41.6 Å². The minimum Gasteiger partial charge on any atom is -0.383 e. The Labute approximate surface area is 200 Å². The number of aryl methyl sites for hydroxylation is 2. The molecule has 5 aromatic rings. The van der Waals surface area contributed by atoms with Gasteiger partial charge >= 0.3 is 0 Å². The molecule has 6 rings (SSSR count). The number of H-pyrrole nitrogens is 1. The number of benzene rings is 1. The first-order chi connectivity index (χ1) is 17.1. The monoisotopic (exact) mass is 465 g/mol. The van der Waals surface area contributed by atoms with Crippen LogP contribution < -0.4 is 11.1 Å². The van der Waals surface area contributed by atoms with Crippen molar-refractivity contribution in [1.82, 2.24) is 34.9 Å². The summed E-state index contributed by atoms with van der Waals surface area (Å²) in [4.78, 5) is 25.7. The summed E-state index contributed by atoms with van der Waals surface area (Å²) in [5, 5.41) is 15.8. The van der Waals surface area contributed by atoms with Crippen LogP contribution >= 0.6 is 0 Å². The van der Waals surface area contributed by atoms with Crippen molar-refractivity contribution in [3.63, 3.8) is 0 Å². The number of hydrogen-bond acceptors (Lipinski definition) is 7. The lowest BCUT2D eigenvalue weighted by Crippen LogP contribution is -2.18. The van der Waals surface area contributed by atoms with E-state index in [2.05, 4.69) is 30.5 Å². The average molecular weight is 466 g/mol. The highest BCUT2D eigenvalue weighted by Crippen LogP contribution is 2.37. The third-order valence-corrected chi connectivity index (χ3v) is 6.41. The Balaban J connectivity index is 1.37. The Kier molecular flexibility index (Phi) is 4.98. The van der Waals surface area contributed by atoms with Crippen molar-refractivity contribution in [3.8, 4) is 11.3 Å². The number of hydrogen-bond donors (Lipinski definition) is 3. The van der Waals surface area contributed by atoms with Gasteiger partial charge in [0.25, 0.3) is 5.91 Å². The highest BCUT2D eigenvalue weighted by Gasteiger charge is 2.28. The standard InChI is InChI=1S/C25H23N9O/c1-14-9-10-27-20(11-14)31-25(35)16-7-5-15(6-8-16)22-21-23(26)28-13-29-24(21)34(33-22)19-4-2-3-18-17(19)12-30-32-18/h5-13,19H,2-4H2,1H3,(H,30,32)(H2,26,28,29)(H,27,31,35)/t19-/m0/s1. The van der Waals surface area contributed by atoms with Crippen LogP contribution in [-0.4, -0.2) is 40.8 Å². The molecule has 0 saturated heterocycles. The Hall–Kier alpha value is -4.60. The fourth-order valence-electron chi connectivity index (χ4n) is 4.68. The molecule has 1 amide bonds. The van der Waals surface area contributed by atoms with Crippen LogP contribution in [0.5, 0.6) is 0 Å². The Bertz CT molecular complexity index is 1550. The van der Waals surface area contributed by atoms with Gasteiger partial charge in [-0.1, -0.05) is 12.1 Å². The highest BCUT2D eigenvalue weighted by atomic mass is 16.1. The van der Waals surface area contributed by atoms with Crippen LogP contribution in [0.3, 0.4) is 0 Å². The van der Waals surface area contributed by atoms with Gasteiger partial charge in [-0.2, -0.15) is 10.2 Å². The molecule has 0 radical (unpaired) electrons. The number of nitrogens with zero attached hydrogens (tertiary/aromatic N) is 6. The van der Waals surface area contributed by atoms with Crippen molar-refractivity contribution >= 4 is 28.6 Å². The molecule has 0 saturated carbocycles. The van der Waals surface area contributed by atoms with Gasteiger partial charge in [-0.05, 0) is 56.0 Å². The molecule has 10 nitrogen and oxygen atoms in total. The number of aromatic nitrogens is 7. The van der Waals surface area contributed by atoms with Crippen molar-refractivity contribution in [1.29, 1.82) is 0 Å². The predicted molar refractivity (Wildman–Crippen MR) is 132 cm³/mol. The normalized spacial score (nSPS) is 15.2. The summed E-state index contributed by atoms with van der Waals surface area (Å²) in [7, 11) is 0. The van der Waals surface area contributed by atoms with Crippen LogP contribution in [0.2, 0.25) is 0 Å². The third-order valence-electron chi connectivity index (χ3n) is 6.41. The maximum Gasteiger partial charge on any atom is 0.256 e. The fraction of sp³-hybridized carbons (Fsp3) is 0.200. The first-order valence-electron chi connectivity index (χ1n) is 11.4. The van der Waals surface area contributed by atoms with E-state index in [9.17, 15) is 4.79 Å². The molecule has 0 fully saturated rings. The summed E-state index contributed by atoms with van der Waals surface area (Å²) >= 11 is 0. The van der Waals surface area contributed by atoms with Gasteiger partial charge in [0.1, 0.15) is 23.7 Å². The van der Waals surface area contributed by atoms with Crippen LogP contribution in [0.15, 0.2) is 55.1 Å². The van der Waals surface area contributed by atoms with Gasteiger partial charge in [-0.3, -0.25) is 9.89 Å². The molecule has 174 valence electrons. The summed E-state index contributed by atoms with van der Waals surface area (Å²) in [6.45, 7) is 1.95. The lowest BCUT2D eigenvalue weighted by atomic mass is 9.93. The van der Waals surface area contributed by atoms with E-state index in [1.807, 2.05) is 42.1 Å². The zero-order valence-corrected chi connectivity index (χ0v) is 19.1. The summed E-state index contributed by atoms with van der Waals surface area (Å²) in [6, 6.07) is 11.0. The molecule has 1 aromatic carbocycles. The van der Waals surface area contributed by atoms with Gasteiger partial charge in [0, 0.05) is 28.6 Å². The van der Waals surface area contributed by atoms with Gasteiger partial charge in [-0.15, -0.1) is 0 Å². The van der Waals surface area contributed by atoms with Crippen LogP contribution in [-0.2, 0) is 6.42 Å². The number of pyridine rings is 1. The number of carbonyl (C=O) groups is 1. The summed E-state index contributed by atoms with van der Waals surface area (Å²) in [5.41, 5.74) is 12.3. The van der Waals surface area contributed by atoms with Crippen molar-refractivity contribution < 1.29 is 4.79 Å². The minimum atomic E-state index is -0.234. The van der Waals surface area contributed by atoms with Crippen LogP contribution in [0.25, 0.3) is 22.3 Å². The first kappa shape index (κ1) is 21.0. The lowest BCUT2D eigenvalue weighted by molar-refractivity contribution is 0.102. The number of fused-ring (bicyclic) bond motifs is 2. The molecule has 4 N–H and O–H groups in total. The van der Waals surface area contributed by atoms with E-state index in [1.54, 1.807) is 18.3 Å². The van der Waals surface area contributed by atoms with Gasteiger partial charge in [0.05, 0.1) is 17.6 Å². The fourth-order valence-corrected chi connectivity index (χ4v) is 4.68. The molecule has 4 aromatic heterocycles. The Morgan fingerprint density at radius 3 is 2.86 bits per heavy atom. The molecule has 10 heteroatoms. The number of anilines is 2. The van der Waals surface area contributed by atoms with Gasteiger partial charge < -0.3 is 11.1 Å². The topological polar surface area (TPSA) is 140 Å². The second-order valence-electron chi connectivity index (χ2n) is 8.71. The number of carbonyl (C=O) groups excluding carboxylic acids is 1. The van der Waals surface area contributed by atoms with E-state index in [0.29, 0.717) is 33.9 Å². The summed E-state index contributed by atoms with van der Waals surface area (Å²) in [5.74, 6) is 0.647. The van der Waals surface area contributed by atoms with Gasteiger partial charge in [0.15, 0.2) is 5.65 Å². The smallest absolute Gasteiger partial charge is 0.256 e. The quantitative estimate of drug-likeness (QED) is 0.368. The molecule has 0 aliphatic heterocycles. The molecule has 1 atom stereocenters. The molecule has 0 spiro atoms. The highest BCUT2D eigenvalue weighted by molar-refractivity contribution is 6.04. The number of aromatic amines is 1. The second kappa shape index (κ2) is 8.32. The molecule has 1 aliphatic carbocycles. The lowest BCUT2D eigenvalue weighted by Gasteiger charge is -2.22. The van der Waals surface area contributed by atoms with E-state index >= 15 is 0 Å². The zero-order valence-electron chi connectivity index (χ0n) is 19.1. The summed E-state index contributed by atoms with van der Waals surface area (Å²) < 4.78 is 1.93. The van der Waals surface area contributed by atoms with Crippen molar-refractivity contribution in [2.24, 2.45) is 0 Å². The molecule has 1 aliphatic rings. The number of nitrogens with two attached hydrogens (primary N) is 1. The Morgan fingerprint density at radius 2 is 2.03 bits per heavy atom. The van der Waals surface area contributed by atoms with Gasteiger partial charge in [-0.25, -0.2) is 19.6 Å². The number of nitrogens with one attached hydrogen (secondary N) is 2. The van der Waals surface area contributed by atoms with Gasteiger partial charge in [0.2, 0.25) is 0 Å². The molecule has 0 unspecified atom stereocenters. The van der Waals surface area contributed by atoms with E-state index in [1.165, 1.54) is 6.33 Å².